The summed E-state index contributed by atoms with van der Waals surface area (Å²) in [5.74, 6) is -0.962. The third-order valence-electron chi connectivity index (χ3n) is 1.86. The zero-order valence-electron chi connectivity index (χ0n) is 7.40. The summed E-state index contributed by atoms with van der Waals surface area (Å²) in [7, 11) is 0. The first-order valence-electron chi connectivity index (χ1n) is 3.97. The molecule has 0 aliphatic carbocycles. The molecule has 1 rings (SSSR count). The number of benzene rings is 1. The third kappa shape index (κ3) is 2.33. The van der Waals surface area contributed by atoms with Crippen molar-refractivity contribution in [1.29, 1.82) is 0 Å². The van der Waals surface area contributed by atoms with E-state index in [0.717, 1.165) is 3.57 Å². The van der Waals surface area contributed by atoms with Gasteiger partial charge in [-0.2, -0.15) is 0 Å². The van der Waals surface area contributed by atoms with Crippen LogP contribution in [0.3, 0.4) is 0 Å². The molecule has 0 spiro atoms. The maximum atomic E-state index is 10.9. The Bertz CT molecular complexity index is 376. The van der Waals surface area contributed by atoms with Crippen LogP contribution in [0.1, 0.15) is 22.0 Å². The highest BCUT2D eigenvalue weighted by Crippen LogP contribution is 2.19. The quantitative estimate of drug-likeness (QED) is 0.664. The highest BCUT2D eigenvalue weighted by atomic mass is 127. The Morgan fingerprint density at radius 2 is 2.29 bits per heavy atom. The predicted molar refractivity (Wildman–Crippen MR) is 63.2 cm³/mol. The van der Waals surface area contributed by atoms with Gasteiger partial charge in [-0.3, -0.25) is 0 Å². The molecule has 1 aromatic carbocycles. The van der Waals surface area contributed by atoms with Crippen molar-refractivity contribution in [1.82, 2.24) is 0 Å². The lowest BCUT2D eigenvalue weighted by Crippen LogP contribution is -2.12. The van der Waals surface area contributed by atoms with Crippen LogP contribution in [-0.2, 0) is 0 Å². The van der Waals surface area contributed by atoms with Gasteiger partial charge >= 0.3 is 5.97 Å². The number of rotatable bonds is 3. The summed E-state index contributed by atoms with van der Waals surface area (Å²) in [5.41, 5.74) is 6.53. The lowest BCUT2D eigenvalue weighted by Gasteiger charge is -2.10. The molecule has 0 unspecified atom stereocenters. The molecule has 3 nitrogen and oxygen atoms in total. The minimum absolute atomic E-state index is 0.240. The number of aromatic carboxylic acids is 1. The van der Waals surface area contributed by atoms with Crippen LogP contribution >= 0.6 is 22.6 Å². The highest BCUT2D eigenvalue weighted by Gasteiger charge is 2.13. The Balaban J connectivity index is 3.28. The number of carbonyl (C=O) groups is 1. The van der Waals surface area contributed by atoms with E-state index in [1.165, 1.54) is 6.08 Å². The van der Waals surface area contributed by atoms with Crippen molar-refractivity contribution in [2.75, 3.05) is 0 Å². The van der Waals surface area contributed by atoms with E-state index >= 15 is 0 Å². The number of nitrogens with two attached hydrogens (primary N) is 1. The average molecular weight is 303 g/mol. The van der Waals surface area contributed by atoms with Gasteiger partial charge in [0.15, 0.2) is 0 Å². The predicted octanol–water partition coefficient (Wildman–Crippen LogP) is 2.18. The van der Waals surface area contributed by atoms with Crippen molar-refractivity contribution >= 4 is 28.6 Å². The van der Waals surface area contributed by atoms with E-state index in [1.54, 1.807) is 12.1 Å². The zero-order chi connectivity index (χ0) is 10.7. The first kappa shape index (κ1) is 11.2. The van der Waals surface area contributed by atoms with E-state index in [0.29, 0.717) is 5.56 Å². The molecule has 0 saturated carbocycles. The molecule has 3 N–H and O–H groups in total. The minimum atomic E-state index is -0.962. The maximum Gasteiger partial charge on any atom is 0.336 e. The van der Waals surface area contributed by atoms with Crippen LogP contribution in [0.4, 0.5) is 0 Å². The Morgan fingerprint density at radius 1 is 1.64 bits per heavy atom. The standard InChI is InChI=1S/C10H10INO2/c1-2-9(12)7-4-3-6(11)5-8(7)10(13)14/h2-5,9H,1,12H2,(H,13,14)/t9-/m1/s1. The number of hydrogen-bond donors (Lipinski definition) is 2. The van der Waals surface area contributed by atoms with E-state index < -0.39 is 12.0 Å². The third-order valence-corrected chi connectivity index (χ3v) is 2.53. The van der Waals surface area contributed by atoms with Crippen molar-refractivity contribution in [3.8, 4) is 0 Å². The lowest BCUT2D eigenvalue weighted by atomic mass is 10.0. The van der Waals surface area contributed by atoms with Gasteiger partial charge in [-0.05, 0) is 40.3 Å². The summed E-state index contributed by atoms with van der Waals surface area (Å²) < 4.78 is 0.875. The number of hydrogen-bond acceptors (Lipinski definition) is 2. The number of halogens is 1. The molecule has 4 heteroatoms. The molecule has 0 saturated heterocycles. The van der Waals surface area contributed by atoms with E-state index in [4.69, 9.17) is 10.8 Å². The summed E-state index contributed by atoms with van der Waals surface area (Å²) in [6.45, 7) is 3.54. The van der Waals surface area contributed by atoms with Crippen LogP contribution in [0.5, 0.6) is 0 Å². The molecule has 0 aliphatic heterocycles. The van der Waals surface area contributed by atoms with Crippen molar-refractivity contribution in [2.24, 2.45) is 5.73 Å². The van der Waals surface area contributed by atoms with Crippen LogP contribution < -0.4 is 5.73 Å². The van der Waals surface area contributed by atoms with Crippen molar-refractivity contribution in [3.63, 3.8) is 0 Å². The molecular weight excluding hydrogens is 293 g/mol. The first-order chi connectivity index (χ1) is 6.56. The van der Waals surface area contributed by atoms with E-state index in [2.05, 4.69) is 29.2 Å². The Morgan fingerprint density at radius 3 is 2.79 bits per heavy atom. The van der Waals surface area contributed by atoms with Crippen LogP contribution in [0.15, 0.2) is 30.9 Å². The fourth-order valence-electron chi connectivity index (χ4n) is 1.13. The largest absolute Gasteiger partial charge is 0.478 e. The van der Waals surface area contributed by atoms with Gasteiger partial charge in [0.1, 0.15) is 0 Å². The second-order valence-corrected chi connectivity index (χ2v) is 4.04. The normalized spacial score (nSPS) is 12.1. The van der Waals surface area contributed by atoms with Gasteiger partial charge < -0.3 is 10.8 Å². The molecular formula is C10H10INO2. The van der Waals surface area contributed by atoms with Crippen LogP contribution in [0, 0.1) is 3.57 Å². The van der Waals surface area contributed by atoms with Crippen LogP contribution in [-0.4, -0.2) is 11.1 Å². The maximum absolute atomic E-state index is 10.9. The van der Waals surface area contributed by atoms with Crippen molar-refractivity contribution < 1.29 is 9.90 Å². The first-order valence-corrected chi connectivity index (χ1v) is 5.05. The number of carboxylic acid groups (broad SMARTS) is 1. The fraction of sp³-hybridized carbons (Fsp3) is 0.100. The molecule has 0 bridgehead atoms. The van der Waals surface area contributed by atoms with Gasteiger partial charge in [0, 0.05) is 9.61 Å². The van der Waals surface area contributed by atoms with Gasteiger partial charge in [-0.15, -0.1) is 6.58 Å². The summed E-state index contributed by atoms with van der Waals surface area (Å²) >= 11 is 2.06. The highest BCUT2D eigenvalue weighted by molar-refractivity contribution is 14.1. The van der Waals surface area contributed by atoms with E-state index in [9.17, 15) is 4.79 Å². The van der Waals surface area contributed by atoms with Gasteiger partial charge in [0.25, 0.3) is 0 Å². The molecule has 0 aliphatic rings. The molecule has 1 atom stereocenters. The monoisotopic (exact) mass is 303 g/mol. The Labute approximate surface area is 95.8 Å². The summed E-state index contributed by atoms with van der Waals surface area (Å²) in [6.07, 6.45) is 1.52. The second-order valence-electron chi connectivity index (χ2n) is 2.80. The smallest absolute Gasteiger partial charge is 0.336 e. The van der Waals surface area contributed by atoms with E-state index in [1.807, 2.05) is 6.07 Å². The summed E-state index contributed by atoms with van der Waals surface area (Å²) in [6, 6.07) is 4.71. The molecule has 0 fully saturated rings. The molecule has 74 valence electrons. The minimum Gasteiger partial charge on any atom is -0.478 e. The van der Waals surface area contributed by atoms with Crippen LogP contribution in [0.25, 0.3) is 0 Å². The molecule has 0 amide bonds. The molecule has 1 aromatic rings. The van der Waals surface area contributed by atoms with E-state index in [-0.39, 0.29) is 5.56 Å². The molecule has 0 aromatic heterocycles. The summed E-state index contributed by atoms with van der Waals surface area (Å²) in [4.78, 5) is 10.9. The lowest BCUT2D eigenvalue weighted by molar-refractivity contribution is 0.0695. The van der Waals surface area contributed by atoms with Crippen LogP contribution in [0.2, 0.25) is 0 Å². The van der Waals surface area contributed by atoms with Crippen molar-refractivity contribution in [3.05, 3.63) is 45.6 Å². The molecule has 0 heterocycles. The second kappa shape index (κ2) is 4.56. The SMILES string of the molecule is C=C[C@@H](N)c1ccc(I)cc1C(=O)O. The average Bonchev–Trinajstić information content (AvgIpc) is 2.16. The number of carboxylic acids is 1. The van der Waals surface area contributed by atoms with Gasteiger partial charge in [-0.25, -0.2) is 4.79 Å². The fourth-order valence-corrected chi connectivity index (χ4v) is 1.62. The summed E-state index contributed by atoms with van der Waals surface area (Å²) in [5, 5.41) is 8.94. The van der Waals surface area contributed by atoms with Gasteiger partial charge in [0.2, 0.25) is 0 Å². The zero-order valence-corrected chi connectivity index (χ0v) is 9.56. The van der Waals surface area contributed by atoms with Gasteiger partial charge in [-0.1, -0.05) is 12.1 Å². The molecule has 14 heavy (non-hydrogen) atoms. The van der Waals surface area contributed by atoms with Gasteiger partial charge in [0.05, 0.1) is 5.56 Å². The topological polar surface area (TPSA) is 63.3 Å². The molecule has 0 radical (unpaired) electrons. The Kier molecular flexibility index (Phi) is 3.65. The Hall–Kier alpha value is -0.880. The van der Waals surface area contributed by atoms with Crippen molar-refractivity contribution in [2.45, 2.75) is 6.04 Å².